The first kappa shape index (κ1) is 14.7. The highest BCUT2D eigenvalue weighted by Gasteiger charge is 2.38. The highest BCUT2D eigenvalue weighted by molar-refractivity contribution is 7.18. The minimum Gasteiger partial charge on any atom is -0.297 e. The lowest BCUT2D eigenvalue weighted by atomic mass is 9.89. The van der Waals surface area contributed by atoms with Crippen LogP contribution in [0.5, 0.6) is 0 Å². The molecule has 112 valence electrons. The molecule has 4 heteroatoms. The van der Waals surface area contributed by atoms with Crippen LogP contribution in [0, 0.1) is 0 Å². The zero-order valence-electron chi connectivity index (χ0n) is 12.8. The van der Waals surface area contributed by atoms with Crippen molar-refractivity contribution < 1.29 is 4.79 Å². The van der Waals surface area contributed by atoms with Gasteiger partial charge in [0.15, 0.2) is 5.78 Å². The van der Waals surface area contributed by atoms with E-state index >= 15 is 0 Å². The number of Topliss-reactive ketones (excluding diaryl/α,β-unsaturated/α-hetero) is 1. The van der Waals surface area contributed by atoms with E-state index in [1.54, 1.807) is 11.3 Å². The van der Waals surface area contributed by atoms with E-state index in [0.717, 1.165) is 30.0 Å². The first-order chi connectivity index (χ1) is 10.1. The largest absolute Gasteiger partial charge is 0.297 e. The molecular formula is C17H22N2OS. The van der Waals surface area contributed by atoms with Crippen molar-refractivity contribution in [3.63, 3.8) is 0 Å². The molecule has 3 nitrogen and oxygen atoms in total. The number of ketones is 1. The molecule has 1 atom stereocenters. The van der Waals surface area contributed by atoms with Gasteiger partial charge in [-0.05, 0) is 51.4 Å². The number of carbonyl (C=O) groups excluding carboxylic acids is 1. The predicted octanol–water partition coefficient (Wildman–Crippen LogP) is 3.67. The molecule has 2 heterocycles. The summed E-state index contributed by atoms with van der Waals surface area (Å²) < 4.78 is 1.17. The second kappa shape index (κ2) is 5.85. The summed E-state index contributed by atoms with van der Waals surface area (Å²) in [4.78, 5) is 19.8. The number of para-hydroxylation sites is 1. The molecule has 1 fully saturated rings. The maximum Gasteiger partial charge on any atom is 0.159 e. The highest BCUT2D eigenvalue weighted by atomic mass is 32.1. The zero-order chi connectivity index (χ0) is 14.9. The van der Waals surface area contributed by atoms with Gasteiger partial charge >= 0.3 is 0 Å². The van der Waals surface area contributed by atoms with Crippen LogP contribution in [-0.4, -0.2) is 34.3 Å². The van der Waals surface area contributed by atoms with Gasteiger partial charge in [-0.3, -0.25) is 9.69 Å². The quantitative estimate of drug-likeness (QED) is 0.845. The molecule has 3 rings (SSSR count). The number of nitrogens with zero attached hydrogens (tertiary/aromatic N) is 2. The third-order valence-electron chi connectivity index (χ3n) is 4.74. The van der Waals surface area contributed by atoms with Crippen LogP contribution in [0.25, 0.3) is 10.2 Å². The second-order valence-electron chi connectivity index (χ2n) is 6.00. The fourth-order valence-electron chi connectivity index (χ4n) is 3.13. The van der Waals surface area contributed by atoms with Crippen LogP contribution in [0.3, 0.4) is 0 Å². The van der Waals surface area contributed by atoms with Crippen molar-refractivity contribution in [2.24, 2.45) is 0 Å². The number of benzene rings is 1. The molecule has 0 N–H and O–H groups in total. The Morgan fingerprint density at radius 3 is 2.71 bits per heavy atom. The summed E-state index contributed by atoms with van der Waals surface area (Å²) in [6, 6.07) is 8.10. The van der Waals surface area contributed by atoms with Crippen molar-refractivity contribution in [2.75, 3.05) is 13.1 Å². The summed E-state index contributed by atoms with van der Waals surface area (Å²) in [5, 5.41) is 0.945. The van der Waals surface area contributed by atoms with Gasteiger partial charge < -0.3 is 0 Å². The van der Waals surface area contributed by atoms with Crippen LogP contribution in [0.1, 0.15) is 38.1 Å². The summed E-state index contributed by atoms with van der Waals surface area (Å²) in [7, 11) is 0. The van der Waals surface area contributed by atoms with Gasteiger partial charge in [-0.15, -0.1) is 11.3 Å². The Labute approximate surface area is 130 Å². The Kier molecular flexibility index (Phi) is 4.09. The number of thiazole rings is 1. The van der Waals surface area contributed by atoms with E-state index in [1.165, 1.54) is 17.5 Å². The van der Waals surface area contributed by atoms with Crippen molar-refractivity contribution in [3.05, 3.63) is 29.3 Å². The van der Waals surface area contributed by atoms with E-state index in [2.05, 4.69) is 29.8 Å². The average molecular weight is 302 g/mol. The van der Waals surface area contributed by atoms with Crippen LogP contribution >= 0.6 is 11.3 Å². The number of hydrogen-bond acceptors (Lipinski definition) is 4. The van der Waals surface area contributed by atoms with E-state index in [9.17, 15) is 4.79 Å². The van der Waals surface area contributed by atoms with Gasteiger partial charge in [0.2, 0.25) is 0 Å². The number of rotatable bonds is 5. The summed E-state index contributed by atoms with van der Waals surface area (Å²) in [6.45, 7) is 6.33. The molecule has 1 saturated heterocycles. The van der Waals surface area contributed by atoms with Gasteiger partial charge in [0.05, 0.1) is 22.2 Å². The van der Waals surface area contributed by atoms with Crippen LogP contribution in [-0.2, 0) is 11.2 Å². The van der Waals surface area contributed by atoms with Crippen LogP contribution in [0.4, 0.5) is 0 Å². The zero-order valence-corrected chi connectivity index (χ0v) is 13.6. The SMILES string of the molecule is CCC(C)(C(=O)Cc1nc2ccccc2s1)N1CCCC1. The van der Waals surface area contributed by atoms with Gasteiger partial charge in [0.25, 0.3) is 0 Å². The number of carbonyl (C=O) groups is 1. The van der Waals surface area contributed by atoms with Gasteiger partial charge in [-0.25, -0.2) is 4.98 Å². The fraction of sp³-hybridized carbons (Fsp3) is 0.529. The topological polar surface area (TPSA) is 33.2 Å². The van der Waals surface area contributed by atoms with Crippen molar-refractivity contribution in [1.82, 2.24) is 9.88 Å². The molecular weight excluding hydrogens is 280 g/mol. The molecule has 0 spiro atoms. The molecule has 1 aliphatic rings. The predicted molar refractivity (Wildman–Crippen MR) is 87.8 cm³/mol. The summed E-state index contributed by atoms with van der Waals surface area (Å²) in [5.41, 5.74) is 0.679. The van der Waals surface area contributed by atoms with Crippen molar-refractivity contribution in [2.45, 2.75) is 45.1 Å². The van der Waals surface area contributed by atoms with Crippen LogP contribution in [0.15, 0.2) is 24.3 Å². The molecule has 0 amide bonds. The second-order valence-corrected chi connectivity index (χ2v) is 7.11. The van der Waals surface area contributed by atoms with E-state index in [0.29, 0.717) is 12.2 Å². The normalized spacial score (nSPS) is 19.0. The molecule has 1 aromatic carbocycles. The maximum atomic E-state index is 12.9. The number of hydrogen-bond donors (Lipinski definition) is 0. The van der Waals surface area contributed by atoms with Crippen molar-refractivity contribution in [3.8, 4) is 0 Å². The third kappa shape index (κ3) is 2.74. The van der Waals surface area contributed by atoms with Gasteiger partial charge in [0.1, 0.15) is 5.01 Å². The molecule has 1 unspecified atom stereocenters. The molecule has 0 radical (unpaired) electrons. The smallest absolute Gasteiger partial charge is 0.159 e. The first-order valence-corrected chi connectivity index (χ1v) is 8.58. The van der Waals surface area contributed by atoms with Crippen molar-refractivity contribution >= 4 is 27.3 Å². The molecule has 2 aromatic rings. The summed E-state index contributed by atoms with van der Waals surface area (Å²) >= 11 is 1.64. The Morgan fingerprint density at radius 2 is 2.05 bits per heavy atom. The Morgan fingerprint density at radius 1 is 1.33 bits per heavy atom. The van der Waals surface area contributed by atoms with E-state index < -0.39 is 0 Å². The van der Waals surface area contributed by atoms with E-state index in [-0.39, 0.29) is 5.54 Å². The average Bonchev–Trinajstić information content (AvgIpc) is 3.15. The van der Waals surface area contributed by atoms with E-state index in [1.807, 2.05) is 18.2 Å². The Hall–Kier alpha value is -1.26. The lowest BCUT2D eigenvalue weighted by Gasteiger charge is -2.36. The monoisotopic (exact) mass is 302 g/mol. The lowest BCUT2D eigenvalue weighted by molar-refractivity contribution is -0.129. The number of aromatic nitrogens is 1. The minimum absolute atomic E-state index is 0.311. The molecule has 1 aliphatic heterocycles. The highest BCUT2D eigenvalue weighted by Crippen LogP contribution is 2.29. The van der Waals surface area contributed by atoms with Gasteiger partial charge in [0, 0.05) is 0 Å². The Bertz CT molecular complexity index is 612. The molecule has 0 saturated carbocycles. The van der Waals surface area contributed by atoms with Crippen LogP contribution < -0.4 is 0 Å². The first-order valence-electron chi connectivity index (χ1n) is 7.76. The standard InChI is InChI=1S/C17H22N2OS/c1-3-17(2,19-10-6-7-11-19)15(20)12-16-18-13-8-4-5-9-14(13)21-16/h4-5,8-9H,3,6-7,10-12H2,1-2H3. The lowest BCUT2D eigenvalue weighted by Crippen LogP contribution is -2.51. The minimum atomic E-state index is -0.325. The fourth-order valence-corrected chi connectivity index (χ4v) is 4.10. The summed E-state index contributed by atoms with van der Waals surface area (Å²) in [5.74, 6) is 0.311. The molecule has 0 bridgehead atoms. The maximum absolute atomic E-state index is 12.9. The van der Waals surface area contributed by atoms with Crippen LogP contribution in [0.2, 0.25) is 0 Å². The number of likely N-dealkylation sites (tertiary alicyclic amines) is 1. The third-order valence-corrected chi connectivity index (χ3v) is 5.78. The van der Waals surface area contributed by atoms with E-state index in [4.69, 9.17) is 0 Å². The molecule has 0 aliphatic carbocycles. The summed E-state index contributed by atoms with van der Waals surface area (Å²) in [6.07, 6.45) is 3.75. The molecule has 1 aromatic heterocycles. The number of fused-ring (bicyclic) bond motifs is 1. The van der Waals surface area contributed by atoms with Gasteiger partial charge in [-0.1, -0.05) is 19.1 Å². The van der Waals surface area contributed by atoms with Gasteiger partial charge in [-0.2, -0.15) is 0 Å². The van der Waals surface area contributed by atoms with Crippen molar-refractivity contribution in [1.29, 1.82) is 0 Å². The Balaban J connectivity index is 1.80. The molecule has 21 heavy (non-hydrogen) atoms.